The molecule has 0 bridgehead atoms. The number of halogens is 11. The van der Waals surface area contributed by atoms with Crippen molar-refractivity contribution in [2.45, 2.75) is 48.8 Å². The van der Waals surface area contributed by atoms with Crippen LogP contribution in [0.15, 0.2) is 12.2 Å². The lowest BCUT2D eigenvalue weighted by Crippen LogP contribution is -2.84. The first-order valence-electron chi connectivity index (χ1n) is 5.86. The number of rotatable bonds is 3. The van der Waals surface area contributed by atoms with Crippen LogP contribution in [0.2, 0.25) is 0 Å². The van der Waals surface area contributed by atoms with Gasteiger partial charge in [-0.25, -0.2) is 4.79 Å². The van der Waals surface area contributed by atoms with Gasteiger partial charge in [-0.2, -0.15) is 48.3 Å². The summed E-state index contributed by atoms with van der Waals surface area (Å²) in [6.45, 7) is 3.74. The van der Waals surface area contributed by atoms with E-state index in [9.17, 15) is 53.1 Å². The van der Waals surface area contributed by atoms with Gasteiger partial charge in [0.25, 0.3) is 0 Å². The average molecular weight is 380 g/mol. The van der Waals surface area contributed by atoms with Crippen molar-refractivity contribution in [3.05, 3.63) is 12.2 Å². The molecule has 0 unspecified atom stereocenters. The number of esters is 1. The maximum absolute atomic E-state index is 13.9. The minimum absolute atomic E-state index is 0.561. The molecule has 0 amide bonds. The molecule has 13 heteroatoms. The van der Waals surface area contributed by atoms with E-state index in [4.69, 9.17) is 0 Å². The molecule has 0 spiro atoms. The van der Waals surface area contributed by atoms with Gasteiger partial charge in [-0.05, 0) is 6.42 Å². The monoisotopic (exact) mass is 380 g/mol. The molecule has 0 aromatic carbocycles. The Bertz CT molecular complexity index is 536. The van der Waals surface area contributed by atoms with Gasteiger partial charge in [-0.3, -0.25) is 0 Å². The van der Waals surface area contributed by atoms with E-state index in [1.807, 2.05) is 0 Å². The van der Waals surface area contributed by atoms with Gasteiger partial charge in [-0.15, -0.1) is 0 Å². The average Bonchev–Trinajstić information content (AvgIpc) is 2.43. The van der Waals surface area contributed by atoms with Gasteiger partial charge < -0.3 is 4.74 Å². The Hall–Kier alpha value is -1.56. The zero-order valence-corrected chi connectivity index (χ0v) is 11.4. The standard InChI is InChI=1S/C11H7F11O2/c1-3-4(2)5(23)24-11(22)9(18,19)7(14,15)6(12,13)8(16,17)10(11,20)21/h2-3H2,1H3. The summed E-state index contributed by atoms with van der Waals surface area (Å²) in [5.41, 5.74) is -1.04. The maximum atomic E-state index is 13.9. The van der Waals surface area contributed by atoms with Crippen LogP contribution in [0.5, 0.6) is 0 Å². The largest absolute Gasteiger partial charge is 0.413 e. The van der Waals surface area contributed by atoms with E-state index in [2.05, 4.69) is 11.3 Å². The zero-order valence-electron chi connectivity index (χ0n) is 11.4. The van der Waals surface area contributed by atoms with Gasteiger partial charge in [0.15, 0.2) is 0 Å². The molecule has 1 rings (SSSR count). The lowest BCUT2D eigenvalue weighted by atomic mass is 9.78. The van der Waals surface area contributed by atoms with E-state index in [1.54, 1.807) is 0 Å². The lowest BCUT2D eigenvalue weighted by Gasteiger charge is -2.51. The van der Waals surface area contributed by atoms with E-state index in [-0.39, 0.29) is 0 Å². The van der Waals surface area contributed by atoms with Crippen molar-refractivity contribution in [3.63, 3.8) is 0 Å². The van der Waals surface area contributed by atoms with Gasteiger partial charge in [0.1, 0.15) is 0 Å². The second-order valence-electron chi connectivity index (χ2n) is 4.81. The summed E-state index contributed by atoms with van der Waals surface area (Å²) in [6, 6.07) is 0. The third-order valence-electron chi connectivity index (χ3n) is 3.33. The van der Waals surface area contributed by atoms with Crippen molar-refractivity contribution in [3.8, 4) is 0 Å². The first-order valence-corrected chi connectivity index (χ1v) is 5.86. The molecule has 0 aliphatic heterocycles. The Morgan fingerprint density at radius 1 is 0.750 bits per heavy atom. The molecule has 24 heavy (non-hydrogen) atoms. The number of hydrogen-bond donors (Lipinski definition) is 0. The molecule has 0 radical (unpaired) electrons. The summed E-state index contributed by atoms with van der Waals surface area (Å²) in [5, 5.41) is 0. The van der Waals surface area contributed by atoms with Gasteiger partial charge in [0.05, 0.1) is 0 Å². The molecule has 1 aliphatic rings. The van der Waals surface area contributed by atoms with Crippen molar-refractivity contribution < 1.29 is 57.8 Å². The molecule has 0 N–H and O–H groups in total. The van der Waals surface area contributed by atoms with Crippen LogP contribution < -0.4 is 0 Å². The Morgan fingerprint density at radius 2 is 1.04 bits per heavy atom. The third kappa shape index (κ3) is 1.92. The van der Waals surface area contributed by atoms with Gasteiger partial charge >= 0.3 is 41.4 Å². The highest BCUT2D eigenvalue weighted by Crippen LogP contribution is 2.69. The predicted molar refractivity (Wildman–Crippen MR) is 54.1 cm³/mol. The molecule has 140 valence electrons. The molecule has 0 aromatic heterocycles. The number of carbonyl (C=O) groups is 1. The van der Waals surface area contributed by atoms with Gasteiger partial charge in [0, 0.05) is 5.57 Å². The van der Waals surface area contributed by atoms with Crippen molar-refractivity contribution in [2.75, 3.05) is 0 Å². The van der Waals surface area contributed by atoms with Crippen LogP contribution in [0.25, 0.3) is 0 Å². The van der Waals surface area contributed by atoms with Crippen LogP contribution in [0, 0.1) is 0 Å². The number of carbonyl (C=O) groups excluding carboxylic acids is 1. The highest BCUT2D eigenvalue weighted by Gasteiger charge is 3.03. The smallest absolute Gasteiger partial charge is 0.391 e. The van der Waals surface area contributed by atoms with Crippen LogP contribution in [-0.2, 0) is 9.53 Å². The summed E-state index contributed by atoms with van der Waals surface area (Å²) in [5.74, 6) is -45.6. The SMILES string of the molecule is C=C(CC)C(=O)OC1(F)C(F)(F)C(F)(F)C(F)(F)C(F)(F)C1(F)F. The lowest BCUT2D eigenvalue weighted by molar-refractivity contribution is -0.517. The van der Waals surface area contributed by atoms with Gasteiger partial charge in [0.2, 0.25) is 0 Å². The Balaban J connectivity index is 3.69. The summed E-state index contributed by atoms with van der Waals surface area (Å²) < 4.78 is 148. The molecule has 1 saturated carbocycles. The predicted octanol–water partition coefficient (Wildman–Crippen LogP) is 4.35. The van der Waals surface area contributed by atoms with Gasteiger partial charge in [-0.1, -0.05) is 13.5 Å². The van der Waals surface area contributed by atoms with E-state index in [1.165, 1.54) is 0 Å². The topological polar surface area (TPSA) is 26.3 Å². The molecule has 2 nitrogen and oxygen atoms in total. The maximum Gasteiger partial charge on any atom is 0.391 e. The zero-order chi connectivity index (χ0) is 19.6. The van der Waals surface area contributed by atoms with E-state index in [0.717, 1.165) is 6.92 Å². The van der Waals surface area contributed by atoms with Crippen molar-refractivity contribution in [1.29, 1.82) is 0 Å². The van der Waals surface area contributed by atoms with Crippen molar-refractivity contribution >= 4 is 5.97 Å². The Labute approximate surface area is 126 Å². The quantitative estimate of drug-likeness (QED) is 0.414. The minimum Gasteiger partial charge on any atom is -0.413 e. The molecule has 1 aliphatic carbocycles. The molecule has 0 saturated heterocycles. The summed E-state index contributed by atoms with van der Waals surface area (Å²) >= 11 is 0. The fraction of sp³-hybridized carbons (Fsp3) is 0.727. The molecule has 1 fully saturated rings. The van der Waals surface area contributed by atoms with Crippen LogP contribution in [0.3, 0.4) is 0 Å². The van der Waals surface area contributed by atoms with Crippen molar-refractivity contribution in [2.24, 2.45) is 0 Å². The first kappa shape index (κ1) is 20.5. The summed E-state index contributed by atoms with van der Waals surface area (Å²) in [4.78, 5) is 11.1. The molecule has 0 heterocycles. The fourth-order valence-electron chi connectivity index (χ4n) is 1.66. The van der Waals surface area contributed by atoms with E-state index < -0.39 is 53.4 Å². The summed E-state index contributed by atoms with van der Waals surface area (Å²) in [6.07, 6.45) is -0.561. The highest BCUT2D eigenvalue weighted by atomic mass is 19.4. The molecule has 0 atom stereocenters. The number of ether oxygens (including phenoxy) is 1. The first-order chi connectivity index (χ1) is 10.4. The van der Waals surface area contributed by atoms with Crippen LogP contribution in [0.4, 0.5) is 48.3 Å². The third-order valence-corrected chi connectivity index (χ3v) is 3.33. The van der Waals surface area contributed by atoms with Crippen LogP contribution in [-0.4, -0.2) is 41.4 Å². The summed E-state index contributed by atoms with van der Waals surface area (Å²) in [7, 11) is 0. The fourth-order valence-corrected chi connectivity index (χ4v) is 1.66. The number of hydrogen-bond acceptors (Lipinski definition) is 2. The second kappa shape index (κ2) is 4.97. The Kier molecular flexibility index (Phi) is 4.24. The normalized spacial score (nSPS) is 28.0. The van der Waals surface area contributed by atoms with Crippen molar-refractivity contribution in [1.82, 2.24) is 0 Å². The highest BCUT2D eigenvalue weighted by molar-refractivity contribution is 5.88. The minimum atomic E-state index is -7.35. The van der Waals surface area contributed by atoms with E-state index in [0.29, 0.717) is 0 Å². The van der Waals surface area contributed by atoms with E-state index >= 15 is 0 Å². The molecular weight excluding hydrogens is 373 g/mol. The molecule has 0 aromatic rings. The van der Waals surface area contributed by atoms with Crippen LogP contribution >= 0.6 is 0 Å². The second-order valence-corrected chi connectivity index (χ2v) is 4.81. The molecular formula is C11H7F11O2. The van der Waals surface area contributed by atoms with Crippen LogP contribution in [0.1, 0.15) is 13.3 Å². The number of alkyl halides is 11. The Morgan fingerprint density at radius 3 is 1.33 bits per heavy atom.